The van der Waals surface area contributed by atoms with Crippen LogP contribution in [0.1, 0.15) is 25.5 Å². The van der Waals surface area contributed by atoms with E-state index in [-0.39, 0.29) is 5.96 Å². The Labute approximate surface area is 147 Å². The highest BCUT2D eigenvalue weighted by Crippen LogP contribution is 2.23. The second-order valence-corrected chi connectivity index (χ2v) is 6.27. The highest BCUT2D eigenvalue weighted by atomic mass is 32.2. The number of benzene rings is 1. The van der Waals surface area contributed by atoms with E-state index >= 15 is 0 Å². The molecule has 1 heterocycles. The van der Waals surface area contributed by atoms with Crippen LogP contribution in [0.4, 0.5) is 13.2 Å². The van der Waals surface area contributed by atoms with Crippen molar-refractivity contribution in [2.75, 3.05) is 6.26 Å². The average Bonchev–Trinajstić information content (AvgIpc) is 2.55. The molecule has 3 N–H and O–H groups in total. The molecule has 2 unspecified atom stereocenters. The first-order valence-corrected chi connectivity index (χ1v) is 8.54. The van der Waals surface area contributed by atoms with E-state index in [4.69, 9.17) is 5.84 Å². The lowest BCUT2D eigenvalue weighted by atomic mass is 10.1. The highest BCUT2D eigenvalue weighted by Gasteiger charge is 2.42. The summed E-state index contributed by atoms with van der Waals surface area (Å²) in [5.41, 5.74) is 0.802. The van der Waals surface area contributed by atoms with Gasteiger partial charge in [0, 0.05) is 4.90 Å². The molecule has 0 amide bonds. The van der Waals surface area contributed by atoms with Crippen molar-refractivity contribution in [1.82, 2.24) is 10.3 Å². The molecule has 25 heavy (non-hydrogen) atoms. The van der Waals surface area contributed by atoms with Crippen LogP contribution in [-0.4, -0.2) is 41.2 Å². The number of rotatable bonds is 4. The maximum absolute atomic E-state index is 13.0. The number of nitrogens with zero attached hydrogens (tertiary/aromatic N) is 3. The second kappa shape index (κ2) is 7.44. The first-order chi connectivity index (χ1) is 11.6. The van der Waals surface area contributed by atoms with Gasteiger partial charge in [0.05, 0.1) is 6.04 Å². The van der Waals surface area contributed by atoms with E-state index in [1.165, 1.54) is 0 Å². The van der Waals surface area contributed by atoms with E-state index in [1.54, 1.807) is 18.7 Å². The summed E-state index contributed by atoms with van der Waals surface area (Å²) in [6.45, 7) is 2.84. The Kier molecular flexibility index (Phi) is 5.73. The third kappa shape index (κ3) is 4.51. The lowest BCUT2D eigenvalue weighted by molar-refractivity contribution is -0.121. The fourth-order valence-electron chi connectivity index (χ4n) is 2.17. The first-order valence-electron chi connectivity index (χ1n) is 7.31. The second-order valence-electron chi connectivity index (χ2n) is 5.39. The molecular formula is C15H18F3N5OS. The molecule has 136 valence electrons. The normalized spacial score (nSPS) is 20.9. The Morgan fingerprint density at radius 1 is 1.40 bits per heavy atom. The summed E-state index contributed by atoms with van der Waals surface area (Å²) in [6.07, 6.45) is -4.27. The van der Waals surface area contributed by atoms with Gasteiger partial charge in [0.25, 0.3) is 0 Å². The molecule has 1 aliphatic heterocycles. The van der Waals surface area contributed by atoms with Crippen LogP contribution in [0.25, 0.3) is 0 Å². The van der Waals surface area contributed by atoms with Crippen molar-refractivity contribution in [2.45, 2.75) is 37.1 Å². The van der Waals surface area contributed by atoms with E-state index in [2.05, 4.69) is 15.3 Å². The zero-order valence-electron chi connectivity index (χ0n) is 13.8. The molecule has 2 rings (SSSR count). The van der Waals surface area contributed by atoms with Gasteiger partial charge in [-0.15, -0.1) is 11.8 Å². The Hall–Kier alpha value is -2.07. The number of hydrazine groups is 1. The van der Waals surface area contributed by atoms with Gasteiger partial charge in [0.15, 0.2) is 11.9 Å². The van der Waals surface area contributed by atoms with Crippen molar-refractivity contribution in [3.8, 4) is 0 Å². The molecular weight excluding hydrogens is 355 g/mol. The number of aliphatic imine (C=N–C) groups is 2. The number of hydrogen-bond donors (Lipinski definition) is 2. The van der Waals surface area contributed by atoms with Crippen LogP contribution < -0.4 is 11.2 Å². The van der Waals surface area contributed by atoms with Crippen LogP contribution >= 0.6 is 11.8 Å². The lowest BCUT2D eigenvalue weighted by Crippen LogP contribution is -2.61. The number of ketones is 1. The van der Waals surface area contributed by atoms with Crippen LogP contribution in [0.2, 0.25) is 0 Å². The molecule has 6 nitrogen and oxygen atoms in total. The monoisotopic (exact) mass is 373 g/mol. The maximum Gasteiger partial charge on any atom is 0.449 e. The van der Waals surface area contributed by atoms with Crippen molar-refractivity contribution in [3.63, 3.8) is 0 Å². The molecule has 0 spiro atoms. The topological polar surface area (TPSA) is 83.1 Å². The molecule has 0 saturated carbocycles. The van der Waals surface area contributed by atoms with Crippen LogP contribution in [-0.2, 0) is 4.79 Å². The number of amidine groups is 1. The van der Waals surface area contributed by atoms with E-state index in [1.807, 2.05) is 30.5 Å². The number of Topliss-reactive ketones (excluding diaryl/α,β-unsaturated/α-hetero) is 1. The number of alkyl halides is 3. The molecule has 0 saturated heterocycles. The summed E-state index contributed by atoms with van der Waals surface area (Å²) in [5, 5.41) is 2.88. The molecule has 0 aromatic heterocycles. The van der Waals surface area contributed by atoms with E-state index in [0.29, 0.717) is 0 Å². The molecule has 0 radical (unpaired) electrons. The number of carbonyl (C=O) groups is 1. The predicted octanol–water partition coefficient (Wildman–Crippen LogP) is 2.48. The minimum absolute atomic E-state index is 0.260. The summed E-state index contributed by atoms with van der Waals surface area (Å²) in [7, 11) is 0. The van der Waals surface area contributed by atoms with Crippen molar-refractivity contribution in [2.24, 2.45) is 15.8 Å². The summed E-state index contributed by atoms with van der Waals surface area (Å²) < 4.78 is 39.0. The summed E-state index contributed by atoms with van der Waals surface area (Å²) >= 11 is 1.58. The molecule has 1 aliphatic rings. The van der Waals surface area contributed by atoms with Gasteiger partial charge in [0.2, 0.25) is 11.8 Å². The van der Waals surface area contributed by atoms with Gasteiger partial charge in [-0.25, -0.2) is 20.8 Å². The number of thioether (sulfide) groups is 1. The smallest absolute Gasteiger partial charge is 0.306 e. The number of nitrogens with two attached hydrogens (primary N) is 1. The van der Waals surface area contributed by atoms with Crippen LogP contribution in [0.5, 0.6) is 0 Å². The number of guanidine groups is 1. The quantitative estimate of drug-likeness (QED) is 0.626. The zero-order valence-corrected chi connectivity index (χ0v) is 14.6. The minimum Gasteiger partial charge on any atom is -0.306 e. The van der Waals surface area contributed by atoms with Crippen molar-refractivity contribution < 1.29 is 18.0 Å². The summed E-state index contributed by atoms with van der Waals surface area (Å²) in [6, 6.07) is 7.00. The number of nitrogens with one attached hydrogen (secondary N) is 1. The van der Waals surface area contributed by atoms with Crippen LogP contribution in [0, 0.1) is 0 Å². The first kappa shape index (κ1) is 19.3. The molecule has 0 fully saturated rings. The predicted molar refractivity (Wildman–Crippen MR) is 91.2 cm³/mol. The minimum atomic E-state index is -4.74. The fraction of sp³-hybridized carbons (Fsp3) is 0.400. The summed E-state index contributed by atoms with van der Waals surface area (Å²) in [4.78, 5) is 20.2. The van der Waals surface area contributed by atoms with Gasteiger partial charge in [-0.05, 0) is 37.8 Å². The molecule has 1 aromatic carbocycles. The van der Waals surface area contributed by atoms with E-state index < -0.39 is 30.0 Å². The molecule has 0 aliphatic carbocycles. The van der Waals surface area contributed by atoms with Crippen molar-refractivity contribution in [3.05, 3.63) is 29.8 Å². The lowest BCUT2D eigenvalue weighted by Gasteiger charge is -2.32. The van der Waals surface area contributed by atoms with E-state index in [0.717, 1.165) is 22.4 Å². The largest absolute Gasteiger partial charge is 0.449 e. The Morgan fingerprint density at radius 2 is 2.00 bits per heavy atom. The third-order valence-corrected chi connectivity index (χ3v) is 4.28. The number of hydrogen-bond acceptors (Lipinski definition) is 5. The van der Waals surface area contributed by atoms with E-state index in [9.17, 15) is 18.0 Å². The molecule has 0 bridgehead atoms. The zero-order chi connectivity index (χ0) is 18.8. The Morgan fingerprint density at radius 3 is 2.48 bits per heavy atom. The van der Waals surface area contributed by atoms with Crippen LogP contribution in [0.15, 0.2) is 39.1 Å². The Balaban J connectivity index is 2.33. The standard InChI is InChI=1S/C15H18F3N5OS/c1-8(10-4-6-11(25-3)7-5-10)20-14-22-13(15(16,17)18)21-12(9(2)24)23(14)19/h4-8,12H,19H2,1-3H3,(H,20,21,22). The van der Waals surface area contributed by atoms with Gasteiger partial charge in [-0.2, -0.15) is 13.2 Å². The molecule has 2 atom stereocenters. The SMILES string of the molecule is CSc1ccc(C(C)N=C2NC(C(F)(F)F)=NC(C(C)=O)N2N)cc1. The van der Waals surface area contributed by atoms with Crippen LogP contribution in [0.3, 0.4) is 0 Å². The average molecular weight is 373 g/mol. The number of carbonyl (C=O) groups excluding carboxylic acids is 1. The highest BCUT2D eigenvalue weighted by molar-refractivity contribution is 7.98. The fourth-order valence-corrected chi connectivity index (χ4v) is 2.58. The maximum atomic E-state index is 13.0. The number of halogens is 3. The summed E-state index contributed by atoms with van der Waals surface area (Å²) in [5.74, 6) is 3.57. The Bertz CT molecular complexity index is 702. The van der Waals surface area contributed by atoms with Crippen molar-refractivity contribution in [1.29, 1.82) is 0 Å². The molecule has 10 heteroatoms. The molecule has 1 aromatic rings. The van der Waals surface area contributed by atoms with Crippen molar-refractivity contribution >= 4 is 29.3 Å². The van der Waals surface area contributed by atoms with Gasteiger partial charge >= 0.3 is 6.18 Å². The van der Waals surface area contributed by atoms with Gasteiger partial charge in [-0.1, -0.05) is 12.1 Å². The van der Waals surface area contributed by atoms with Gasteiger partial charge in [0.1, 0.15) is 0 Å². The van der Waals surface area contributed by atoms with Gasteiger partial charge < -0.3 is 5.32 Å². The third-order valence-electron chi connectivity index (χ3n) is 3.54. The van der Waals surface area contributed by atoms with Gasteiger partial charge in [-0.3, -0.25) is 4.79 Å².